The summed E-state index contributed by atoms with van der Waals surface area (Å²) < 4.78 is 0. The minimum absolute atomic E-state index is 0.0224. The van der Waals surface area contributed by atoms with E-state index in [1.165, 1.54) is 12.8 Å². The summed E-state index contributed by atoms with van der Waals surface area (Å²) in [5.74, 6) is 0.752. The average Bonchev–Trinajstić information content (AvgIpc) is 3.38. The second-order valence-electron chi connectivity index (χ2n) is 7.09. The molecular formula is C20H22N4O2. The summed E-state index contributed by atoms with van der Waals surface area (Å²) >= 11 is 0. The van der Waals surface area contributed by atoms with Crippen LogP contribution in [0.3, 0.4) is 0 Å². The van der Waals surface area contributed by atoms with Gasteiger partial charge in [-0.2, -0.15) is 0 Å². The third-order valence-corrected chi connectivity index (χ3v) is 5.12. The number of nitrogens with zero attached hydrogens (tertiary/aromatic N) is 2. The van der Waals surface area contributed by atoms with Crippen LogP contribution in [0, 0.1) is 5.92 Å². The quantitative estimate of drug-likeness (QED) is 0.860. The summed E-state index contributed by atoms with van der Waals surface area (Å²) in [5, 5.41) is 5.75. The van der Waals surface area contributed by atoms with Crippen molar-refractivity contribution in [3.8, 4) is 0 Å². The number of hydrogen-bond acceptors (Lipinski definition) is 4. The number of anilines is 2. The van der Waals surface area contributed by atoms with Crippen LogP contribution in [0.15, 0.2) is 36.8 Å². The van der Waals surface area contributed by atoms with Gasteiger partial charge in [0, 0.05) is 23.9 Å². The molecule has 2 heterocycles. The Bertz CT molecular complexity index is 826. The van der Waals surface area contributed by atoms with Crippen molar-refractivity contribution in [2.45, 2.75) is 44.4 Å². The SMILES string of the molecule is O=C(Nc1cnccc1C1CCCC1)c1ccnc(NC(=O)C2CC2)c1. The largest absolute Gasteiger partial charge is 0.320 e. The Morgan fingerprint density at radius 1 is 1.00 bits per heavy atom. The molecule has 2 aromatic rings. The van der Waals surface area contributed by atoms with Gasteiger partial charge in [0.15, 0.2) is 0 Å². The Balaban J connectivity index is 1.49. The van der Waals surface area contributed by atoms with Crippen molar-refractivity contribution in [1.29, 1.82) is 0 Å². The number of pyridine rings is 2. The fraction of sp³-hybridized carbons (Fsp3) is 0.400. The second-order valence-corrected chi connectivity index (χ2v) is 7.09. The minimum atomic E-state index is -0.221. The molecule has 0 spiro atoms. The first-order chi connectivity index (χ1) is 12.7. The van der Waals surface area contributed by atoms with Gasteiger partial charge in [0.05, 0.1) is 11.9 Å². The third kappa shape index (κ3) is 3.74. The van der Waals surface area contributed by atoms with E-state index >= 15 is 0 Å². The smallest absolute Gasteiger partial charge is 0.255 e. The average molecular weight is 350 g/mol. The van der Waals surface area contributed by atoms with E-state index in [-0.39, 0.29) is 17.7 Å². The highest BCUT2D eigenvalue weighted by atomic mass is 16.2. The van der Waals surface area contributed by atoms with E-state index in [9.17, 15) is 9.59 Å². The van der Waals surface area contributed by atoms with Gasteiger partial charge in [0.2, 0.25) is 5.91 Å². The molecule has 2 fully saturated rings. The van der Waals surface area contributed by atoms with Gasteiger partial charge in [-0.3, -0.25) is 14.6 Å². The maximum absolute atomic E-state index is 12.7. The van der Waals surface area contributed by atoms with Gasteiger partial charge >= 0.3 is 0 Å². The molecule has 0 unspecified atom stereocenters. The molecule has 4 rings (SSSR count). The van der Waals surface area contributed by atoms with E-state index in [1.807, 2.05) is 6.07 Å². The van der Waals surface area contributed by atoms with E-state index in [0.29, 0.717) is 17.3 Å². The highest BCUT2D eigenvalue weighted by Crippen LogP contribution is 2.37. The first-order valence-electron chi connectivity index (χ1n) is 9.23. The predicted octanol–water partition coefficient (Wildman–Crippen LogP) is 3.74. The highest BCUT2D eigenvalue weighted by Gasteiger charge is 2.30. The topological polar surface area (TPSA) is 84.0 Å². The Labute approximate surface area is 152 Å². The molecule has 26 heavy (non-hydrogen) atoms. The lowest BCUT2D eigenvalue weighted by Crippen LogP contribution is -2.17. The van der Waals surface area contributed by atoms with E-state index in [4.69, 9.17) is 0 Å². The highest BCUT2D eigenvalue weighted by molar-refractivity contribution is 6.05. The van der Waals surface area contributed by atoms with Gasteiger partial charge in [0.25, 0.3) is 5.91 Å². The normalized spacial score (nSPS) is 17.1. The van der Waals surface area contributed by atoms with Crippen molar-refractivity contribution >= 4 is 23.3 Å². The number of aromatic nitrogens is 2. The molecule has 0 saturated heterocycles. The summed E-state index contributed by atoms with van der Waals surface area (Å²) in [4.78, 5) is 32.9. The van der Waals surface area contributed by atoms with Crippen LogP contribution in [0.25, 0.3) is 0 Å². The Kier molecular flexibility index (Phi) is 4.65. The molecule has 134 valence electrons. The van der Waals surface area contributed by atoms with E-state index in [1.54, 1.807) is 30.7 Å². The zero-order chi connectivity index (χ0) is 17.9. The van der Waals surface area contributed by atoms with E-state index < -0.39 is 0 Å². The standard InChI is InChI=1S/C20H22N4O2/c25-19(14-5-6-14)24-18-11-15(7-10-22-18)20(26)23-17-12-21-9-8-16(17)13-3-1-2-4-13/h7-14H,1-6H2,(H,23,26)(H,22,24,25). The number of rotatable bonds is 5. The molecule has 2 aliphatic carbocycles. The van der Waals surface area contributed by atoms with Crippen molar-refractivity contribution in [2.75, 3.05) is 10.6 Å². The molecule has 0 aliphatic heterocycles. The molecule has 2 N–H and O–H groups in total. The van der Waals surface area contributed by atoms with E-state index in [0.717, 1.165) is 36.9 Å². The van der Waals surface area contributed by atoms with Crippen LogP contribution in [0.4, 0.5) is 11.5 Å². The van der Waals surface area contributed by atoms with Crippen LogP contribution in [-0.2, 0) is 4.79 Å². The summed E-state index contributed by atoms with van der Waals surface area (Å²) in [6.45, 7) is 0. The van der Waals surface area contributed by atoms with Crippen molar-refractivity contribution in [3.05, 3.63) is 47.9 Å². The molecule has 6 heteroatoms. The molecule has 2 amide bonds. The van der Waals surface area contributed by atoms with Crippen molar-refractivity contribution in [3.63, 3.8) is 0 Å². The lowest BCUT2D eigenvalue weighted by molar-refractivity contribution is -0.117. The number of carbonyl (C=O) groups is 2. The first-order valence-corrected chi connectivity index (χ1v) is 9.23. The molecule has 2 aromatic heterocycles. The summed E-state index contributed by atoms with van der Waals surface area (Å²) in [6.07, 6.45) is 11.7. The fourth-order valence-corrected chi connectivity index (χ4v) is 3.51. The Morgan fingerprint density at radius 3 is 2.58 bits per heavy atom. The van der Waals surface area contributed by atoms with Gasteiger partial charge in [-0.15, -0.1) is 0 Å². The maximum atomic E-state index is 12.7. The third-order valence-electron chi connectivity index (χ3n) is 5.12. The number of amides is 2. The van der Waals surface area contributed by atoms with Gasteiger partial charge in [-0.1, -0.05) is 12.8 Å². The number of hydrogen-bond donors (Lipinski definition) is 2. The lowest BCUT2D eigenvalue weighted by Gasteiger charge is -2.15. The van der Waals surface area contributed by atoms with Crippen molar-refractivity contribution in [2.24, 2.45) is 5.92 Å². The summed E-state index contributed by atoms with van der Waals surface area (Å²) in [5.41, 5.74) is 2.39. The molecule has 6 nitrogen and oxygen atoms in total. The molecule has 2 aliphatic rings. The monoisotopic (exact) mass is 350 g/mol. The fourth-order valence-electron chi connectivity index (χ4n) is 3.51. The van der Waals surface area contributed by atoms with Crippen LogP contribution < -0.4 is 10.6 Å². The van der Waals surface area contributed by atoms with Crippen LogP contribution in [0.2, 0.25) is 0 Å². The molecule has 0 bridgehead atoms. The van der Waals surface area contributed by atoms with Crippen LogP contribution in [-0.4, -0.2) is 21.8 Å². The summed E-state index contributed by atoms with van der Waals surface area (Å²) in [6, 6.07) is 5.26. The second kappa shape index (κ2) is 7.23. The molecular weight excluding hydrogens is 328 g/mol. The van der Waals surface area contributed by atoms with Crippen LogP contribution >= 0.6 is 0 Å². The summed E-state index contributed by atoms with van der Waals surface area (Å²) in [7, 11) is 0. The molecule has 2 saturated carbocycles. The molecule has 0 aromatic carbocycles. The van der Waals surface area contributed by atoms with Crippen LogP contribution in [0.5, 0.6) is 0 Å². The van der Waals surface area contributed by atoms with Gasteiger partial charge < -0.3 is 10.6 Å². The lowest BCUT2D eigenvalue weighted by atomic mass is 9.97. The van der Waals surface area contributed by atoms with E-state index in [2.05, 4.69) is 20.6 Å². The zero-order valence-corrected chi connectivity index (χ0v) is 14.6. The van der Waals surface area contributed by atoms with Crippen LogP contribution in [0.1, 0.15) is 60.4 Å². The Hall–Kier alpha value is -2.76. The first kappa shape index (κ1) is 16.7. The molecule has 0 atom stereocenters. The number of nitrogens with one attached hydrogen (secondary N) is 2. The van der Waals surface area contributed by atoms with Crippen molar-refractivity contribution in [1.82, 2.24) is 9.97 Å². The van der Waals surface area contributed by atoms with Gasteiger partial charge in [0.1, 0.15) is 5.82 Å². The number of carbonyl (C=O) groups excluding carboxylic acids is 2. The maximum Gasteiger partial charge on any atom is 0.255 e. The Morgan fingerprint density at radius 2 is 1.81 bits per heavy atom. The zero-order valence-electron chi connectivity index (χ0n) is 14.6. The van der Waals surface area contributed by atoms with Gasteiger partial charge in [-0.05, 0) is 55.4 Å². The van der Waals surface area contributed by atoms with Crippen molar-refractivity contribution < 1.29 is 9.59 Å². The molecule has 0 radical (unpaired) electrons. The predicted molar refractivity (Wildman–Crippen MR) is 99.0 cm³/mol. The van der Waals surface area contributed by atoms with Gasteiger partial charge in [-0.25, -0.2) is 4.98 Å². The minimum Gasteiger partial charge on any atom is -0.320 e.